The van der Waals surface area contributed by atoms with Crippen LogP contribution in [0.3, 0.4) is 0 Å². The third-order valence-electron chi connectivity index (χ3n) is 16.0. The second-order valence-electron chi connectivity index (χ2n) is 19.9. The van der Waals surface area contributed by atoms with Gasteiger partial charge in [-0.2, -0.15) is 0 Å². The molecule has 7 rings (SSSR count). The van der Waals surface area contributed by atoms with E-state index in [1.165, 1.54) is 54.5 Å². The summed E-state index contributed by atoms with van der Waals surface area (Å²) in [6.45, 7) is 20.0. The lowest BCUT2D eigenvalue weighted by atomic mass is 9.47. The maximum absolute atomic E-state index is 13.1. The van der Waals surface area contributed by atoms with Crippen molar-refractivity contribution in [3.8, 4) is 0 Å². The molecule has 3 aromatic rings. The molecule has 4 aliphatic carbocycles. The summed E-state index contributed by atoms with van der Waals surface area (Å²) in [4.78, 5) is 13.1. The van der Waals surface area contributed by atoms with Gasteiger partial charge >= 0.3 is 5.97 Å². The Kier molecular flexibility index (Phi) is 12.8. The summed E-state index contributed by atoms with van der Waals surface area (Å²) >= 11 is 0. The van der Waals surface area contributed by atoms with Crippen LogP contribution in [-0.4, -0.2) is 33.1 Å². The topological polar surface area (TPSA) is 44.8 Å². The van der Waals surface area contributed by atoms with Gasteiger partial charge in [0.2, 0.25) is 0 Å². The number of fused-ring (bicyclic) bond motifs is 5. The quantitative estimate of drug-likeness (QED) is 0.0927. The fourth-order valence-corrected chi connectivity index (χ4v) is 17.7. The molecule has 0 aliphatic heterocycles. The normalized spacial score (nSPS) is 30.2. The van der Waals surface area contributed by atoms with Crippen LogP contribution in [0.1, 0.15) is 125 Å². The van der Waals surface area contributed by atoms with Crippen LogP contribution < -0.4 is 10.4 Å². The van der Waals surface area contributed by atoms with Crippen molar-refractivity contribution < 1.29 is 18.7 Å². The average Bonchev–Trinajstić information content (AvgIpc) is 3.57. The standard InChI is InChI=1S/C52H72O4Si/c1-9-39(49(53)54-10-2)34-48(55-36-38-20-14-11-15-21-38)37(3)45-28-29-46-44-27-26-40-35-41(30-32-51(40,7)47(44)31-33-52(45,46)8)56-57(50(4,5)6,42-22-16-12-17-23-42)43-24-18-13-19-25-43/h11-26,37,39,41,44-48H,9-10,27-36H2,1-8H3/t37-,39+,41-,44-,45+,46-,47-,48+,51-,52+/m0/s1. The van der Waals surface area contributed by atoms with Crippen molar-refractivity contribution in [2.75, 3.05) is 6.61 Å². The van der Waals surface area contributed by atoms with Crippen molar-refractivity contribution in [2.45, 2.75) is 143 Å². The van der Waals surface area contributed by atoms with Crippen LogP contribution in [0.4, 0.5) is 0 Å². The molecular formula is C52H72O4Si. The minimum absolute atomic E-state index is 0.0130. The van der Waals surface area contributed by atoms with Crippen LogP contribution in [0, 0.1) is 46.3 Å². The number of benzene rings is 3. The summed E-state index contributed by atoms with van der Waals surface area (Å²) < 4.78 is 20.2. The lowest BCUT2D eigenvalue weighted by Crippen LogP contribution is -2.68. The fraction of sp³-hybridized carbons (Fsp3) is 0.596. The van der Waals surface area contributed by atoms with Crippen molar-refractivity contribution in [3.63, 3.8) is 0 Å². The zero-order chi connectivity index (χ0) is 40.4. The number of hydrogen-bond donors (Lipinski definition) is 0. The molecule has 0 heterocycles. The van der Waals surface area contributed by atoms with Crippen LogP contribution >= 0.6 is 0 Å². The lowest BCUT2D eigenvalue weighted by Gasteiger charge is -2.59. The zero-order valence-corrected chi connectivity index (χ0v) is 37.5. The largest absolute Gasteiger partial charge is 0.466 e. The van der Waals surface area contributed by atoms with E-state index in [1.807, 2.05) is 6.92 Å². The monoisotopic (exact) mass is 789 g/mol. The van der Waals surface area contributed by atoms with E-state index in [2.05, 4.69) is 146 Å². The van der Waals surface area contributed by atoms with Gasteiger partial charge in [0, 0.05) is 6.10 Å². The summed E-state index contributed by atoms with van der Waals surface area (Å²) in [6.07, 6.45) is 14.2. The molecule has 0 amide bonds. The minimum Gasteiger partial charge on any atom is -0.466 e. The van der Waals surface area contributed by atoms with Gasteiger partial charge in [0.25, 0.3) is 8.32 Å². The van der Waals surface area contributed by atoms with E-state index in [0.29, 0.717) is 25.0 Å². The molecule has 0 radical (unpaired) electrons. The van der Waals surface area contributed by atoms with Crippen LogP contribution in [-0.2, 0) is 25.3 Å². The fourth-order valence-electron chi connectivity index (χ4n) is 13.0. The number of carbonyl (C=O) groups is 1. The third kappa shape index (κ3) is 8.04. The van der Waals surface area contributed by atoms with E-state index in [0.717, 1.165) is 43.4 Å². The maximum Gasteiger partial charge on any atom is 0.309 e. The Morgan fingerprint density at radius 1 is 0.825 bits per heavy atom. The van der Waals surface area contributed by atoms with Gasteiger partial charge in [-0.25, -0.2) is 0 Å². The molecule has 5 heteroatoms. The molecular weight excluding hydrogens is 717 g/mol. The van der Waals surface area contributed by atoms with Gasteiger partial charge in [-0.3, -0.25) is 4.79 Å². The molecule has 57 heavy (non-hydrogen) atoms. The highest BCUT2D eigenvalue weighted by Gasteiger charge is 2.60. The number of carbonyl (C=O) groups excluding carboxylic acids is 1. The van der Waals surface area contributed by atoms with Crippen molar-refractivity contribution in [2.24, 2.45) is 46.3 Å². The molecule has 10 atom stereocenters. The number of hydrogen-bond acceptors (Lipinski definition) is 4. The molecule has 0 N–H and O–H groups in total. The van der Waals surface area contributed by atoms with Crippen LogP contribution in [0.15, 0.2) is 103 Å². The predicted molar refractivity (Wildman–Crippen MR) is 237 cm³/mol. The molecule has 3 fully saturated rings. The maximum atomic E-state index is 13.1. The first-order valence-electron chi connectivity index (χ1n) is 22.7. The Hall–Kier alpha value is -2.99. The second-order valence-corrected chi connectivity index (χ2v) is 24.2. The number of esters is 1. The highest BCUT2D eigenvalue weighted by Crippen LogP contribution is 2.67. The summed E-state index contributed by atoms with van der Waals surface area (Å²) in [5.74, 6) is 2.94. The van der Waals surface area contributed by atoms with Gasteiger partial charge in [0.05, 0.1) is 25.2 Å². The molecule has 4 aliphatic rings. The summed E-state index contributed by atoms with van der Waals surface area (Å²) in [6, 6.07) is 32.9. The molecule has 3 aromatic carbocycles. The van der Waals surface area contributed by atoms with Gasteiger partial charge in [-0.1, -0.05) is 151 Å². The molecule has 3 saturated carbocycles. The van der Waals surface area contributed by atoms with E-state index in [1.54, 1.807) is 5.57 Å². The Bertz CT molecular complexity index is 1760. The third-order valence-corrected chi connectivity index (χ3v) is 21.1. The smallest absolute Gasteiger partial charge is 0.309 e. The van der Waals surface area contributed by atoms with Gasteiger partial charge in [0.15, 0.2) is 0 Å². The minimum atomic E-state index is -2.62. The molecule has 0 bridgehead atoms. The summed E-state index contributed by atoms with van der Waals surface area (Å²) in [7, 11) is -2.62. The zero-order valence-electron chi connectivity index (χ0n) is 36.5. The highest BCUT2D eigenvalue weighted by atomic mass is 28.4. The van der Waals surface area contributed by atoms with Gasteiger partial charge in [-0.15, -0.1) is 0 Å². The Morgan fingerprint density at radius 3 is 2.05 bits per heavy atom. The van der Waals surface area contributed by atoms with Crippen LogP contribution in [0.25, 0.3) is 0 Å². The van der Waals surface area contributed by atoms with E-state index < -0.39 is 8.32 Å². The molecule has 4 nitrogen and oxygen atoms in total. The molecule has 0 spiro atoms. The van der Waals surface area contributed by atoms with Crippen LogP contribution in [0.2, 0.25) is 5.04 Å². The van der Waals surface area contributed by atoms with E-state index >= 15 is 0 Å². The van der Waals surface area contributed by atoms with Crippen molar-refractivity contribution in [3.05, 3.63) is 108 Å². The summed E-state index contributed by atoms with van der Waals surface area (Å²) in [5.41, 5.74) is 3.41. The lowest BCUT2D eigenvalue weighted by molar-refractivity contribution is -0.151. The average molecular weight is 789 g/mol. The SMILES string of the molecule is CCOC(=O)[C@H](CC)C[C@@H](OCc1ccccc1)[C@@H](C)[C@H]1CC[C@H]2[C@@H]3CC=C4C[C@@H](O[Si](c5ccccc5)(c5ccccc5)C(C)(C)C)CC[C@]4(C)[C@H]3CC[C@]12C. The number of allylic oxidation sites excluding steroid dienone is 1. The Morgan fingerprint density at radius 2 is 1.46 bits per heavy atom. The molecule has 0 unspecified atom stereocenters. The van der Waals surface area contributed by atoms with Crippen LogP contribution in [0.5, 0.6) is 0 Å². The summed E-state index contributed by atoms with van der Waals surface area (Å²) in [5, 5.41) is 2.74. The van der Waals surface area contributed by atoms with Gasteiger partial charge in [-0.05, 0) is 133 Å². The molecule has 0 aromatic heterocycles. The first-order valence-corrected chi connectivity index (χ1v) is 24.6. The van der Waals surface area contributed by atoms with Crippen molar-refractivity contribution in [1.82, 2.24) is 0 Å². The Balaban J connectivity index is 1.10. The number of rotatable bonds is 14. The number of ether oxygens (including phenoxy) is 2. The predicted octanol–water partition coefficient (Wildman–Crippen LogP) is 11.7. The van der Waals surface area contributed by atoms with Gasteiger partial charge in [0.1, 0.15) is 0 Å². The van der Waals surface area contributed by atoms with E-state index in [9.17, 15) is 4.79 Å². The highest BCUT2D eigenvalue weighted by molar-refractivity contribution is 6.99. The van der Waals surface area contributed by atoms with Crippen molar-refractivity contribution in [1.29, 1.82) is 0 Å². The molecule has 308 valence electrons. The van der Waals surface area contributed by atoms with E-state index in [4.69, 9.17) is 13.9 Å². The Labute approximate surface area is 346 Å². The van der Waals surface area contributed by atoms with Crippen molar-refractivity contribution >= 4 is 24.7 Å². The van der Waals surface area contributed by atoms with E-state index in [-0.39, 0.29) is 40.0 Å². The first kappa shape index (κ1) is 42.1. The first-order chi connectivity index (χ1) is 27.4. The second kappa shape index (κ2) is 17.3. The van der Waals surface area contributed by atoms with Gasteiger partial charge < -0.3 is 13.9 Å². The molecule has 0 saturated heterocycles.